The summed E-state index contributed by atoms with van der Waals surface area (Å²) < 4.78 is 14.5. The molecule has 0 radical (unpaired) electrons. The number of rotatable bonds is 7. The van der Waals surface area contributed by atoms with Crippen LogP contribution in [-0.2, 0) is 19.0 Å². The number of amides is 2. The highest BCUT2D eigenvalue weighted by molar-refractivity contribution is 5.89. The summed E-state index contributed by atoms with van der Waals surface area (Å²) in [6.45, 7) is 7.11. The zero-order chi connectivity index (χ0) is 17.0. The van der Waals surface area contributed by atoms with Gasteiger partial charge in [-0.25, -0.2) is 24.8 Å². The first kappa shape index (κ1) is 19.8. The van der Waals surface area contributed by atoms with E-state index in [1.165, 1.54) is 0 Å². The molecule has 126 valence electrons. The topological polar surface area (TPSA) is 94.2 Å². The van der Waals surface area contributed by atoms with Crippen molar-refractivity contribution in [3.8, 4) is 0 Å². The lowest BCUT2D eigenvalue weighted by atomic mass is 10.2. The highest BCUT2D eigenvalue weighted by atomic mass is 16.6. The normalized spacial score (nSPS) is 10.6. The molecule has 1 N–H and O–H groups in total. The van der Waals surface area contributed by atoms with E-state index in [2.05, 4.69) is 5.43 Å². The van der Waals surface area contributed by atoms with Crippen LogP contribution in [0.25, 0.3) is 0 Å². The lowest BCUT2D eigenvalue weighted by Crippen LogP contribution is -2.48. The van der Waals surface area contributed by atoms with E-state index in [0.717, 1.165) is 5.01 Å². The average molecular weight is 316 g/mol. The van der Waals surface area contributed by atoms with Gasteiger partial charge in [-0.15, -0.1) is 0 Å². The molecule has 0 aliphatic heterocycles. The number of ether oxygens (including phenoxy) is 3. The summed E-state index contributed by atoms with van der Waals surface area (Å²) in [6, 6.07) is 0. The minimum atomic E-state index is -0.810. The molecular weight excluding hydrogens is 292 g/mol. The second-order valence-electron chi connectivity index (χ2n) is 3.98. The fraction of sp³-hybridized carbons (Fsp3) is 0.643. The van der Waals surface area contributed by atoms with Crippen molar-refractivity contribution < 1.29 is 28.6 Å². The van der Waals surface area contributed by atoms with Gasteiger partial charge in [0.1, 0.15) is 0 Å². The van der Waals surface area contributed by atoms with Crippen LogP contribution in [0.4, 0.5) is 9.59 Å². The molecule has 0 unspecified atom stereocenters. The monoisotopic (exact) mass is 316 g/mol. The van der Waals surface area contributed by atoms with Crippen molar-refractivity contribution in [2.75, 3.05) is 26.4 Å². The smallest absolute Gasteiger partial charge is 0.429 e. The molecule has 22 heavy (non-hydrogen) atoms. The van der Waals surface area contributed by atoms with E-state index in [1.54, 1.807) is 26.8 Å². The number of carbonyl (C=O) groups is 3. The molecule has 0 bridgehead atoms. The third-order valence-electron chi connectivity index (χ3n) is 2.31. The number of hydrogen-bond acceptors (Lipinski definition) is 6. The first-order valence-corrected chi connectivity index (χ1v) is 7.23. The lowest BCUT2D eigenvalue weighted by molar-refractivity contribution is -0.138. The standard InChI is InChI=1S/C14H24N2O6/c1-5-9-11(12(17)20-6-2)10-16(14(19)22-8-4)15-13(18)21-7-3/h9H,5-8,10H2,1-4H3,(H,15,18)/b11-9-. The molecule has 0 aliphatic rings. The van der Waals surface area contributed by atoms with Gasteiger partial charge < -0.3 is 14.2 Å². The Morgan fingerprint density at radius 1 is 0.955 bits per heavy atom. The van der Waals surface area contributed by atoms with Crippen molar-refractivity contribution >= 4 is 18.2 Å². The van der Waals surface area contributed by atoms with E-state index in [9.17, 15) is 14.4 Å². The Labute approximate surface area is 130 Å². The van der Waals surface area contributed by atoms with Crippen LogP contribution in [0.15, 0.2) is 11.6 Å². The first-order valence-electron chi connectivity index (χ1n) is 7.23. The quantitative estimate of drug-likeness (QED) is 0.334. The van der Waals surface area contributed by atoms with Gasteiger partial charge in [0.25, 0.3) is 0 Å². The van der Waals surface area contributed by atoms with E-state index in [4.69, 9.17) is 14.2 Å². The molecule has 8 heteroatoms. The summed E-state index contributed by atoms with van der Waals surface area (Å²) in [5, 5.41) is 0.875. The van der Waals surface area contributed by atoms with Gasteiger partial charge in [0.05, 0.1) is 31.9 Å². The number of nitrogens with one attached hydrogen (secondary N) is 1. The lowest BCUT2D eigenvalue weighted by Gasteiger charge is -2.22. The molecule has 0 saturated carbocycles. The molecular formula is C14H24N2O6. The van der Waals surface area contributed by atoms with E-state index < -0.39 is 18.2 Å². The minimum Gasteiger partial charge on any atom is -0.463 e. The largest absolute Gasteiger partial charge is 0.463 e. The zero-order valence-corrected chi connectivity index (χ0v) is 13.5. The van der Waals surface area contributed by atoms with E-state index >= 15 is 0 Å². The predicted molar refractivity (Wildman–Crippen MR) is 78.9 cm³/mol. The molecule has 0 heterocycles. The van der Waals surface area contributed by atoms with Crippen LogP contribution in [0, 0.1) is 0 Å². The third-order valence-corrected chi connectivity index (χ3v) is 2.31. The number of nitrogens with zero attached hydrogens (tertiary/aromatic N) is 1. The third kappa shape index (κ3) is 7.51. The molecule has 8 nitrogen and oxygen atoms in total. The molecule has 0 fully saturated rings. The minimum absolute atomic E-state index is 0.131. The van der Waals surface area contributed by atoms with Crippen molar-refractivity contribution in [3.63, 3.8) is 0 Å². The molecule has 2 amide bonds. The van der Waals surface area contributed by atoms with Crippen LogP contribution in [0.3, 0.4) is 0 Å². The SMILES string of the molecule is CC/C=C(/CN(NC(=O)OCC)C(=O)OCC)C(=O)OCC. The summed E-state index contributed by atoms with van der Waals surface area (Å²) in [5.74, 6) is -0.552. The van der Waals surface area contributed by atoms with Crippen molar-refractivity contribution in [1.29, 1.82) is 0 Å². The highest BCUT2D eigenvalue weighted by Crippen LogP contribution is 2.05. The Kier molecular flexibility index (Phi) is 10.2. The van der Waals surface area contributed by atoms with Gasteiger partial charge in [-0.3, -0.25) is 0 Å². The zero-order valence-electron chi connectivity index (χ0n) is 13.5. The van der Waals surface area contributed by atoms with Gasteiger partial charge >= 0.3 is 18.2 Å². The van der Waals surface area contributed by atoms with Gasteiger partial charge in [-0.2, -0.15) is 0 Å². The van der Waals surface area contributed by atoms with Crippen LogP contribution in [0.5, 0.6) is 0 Å². The Bertz CT molecular complexity index is 408. The Hall–Kier alpha value is -2.25. The maximum Gasteiger partial charge on any atom is 0.429 e. The molecule has 0 aromatic heterocycles. The maximum absolute atomic E-state index is 11.9. The van der Waals surface area contributed by atoms with E-state index in [0.29, 0.717) is 6.42 Å². The van der Waals surface area contributed by atoms with Crippen LogP contribution in [0.2, 0.25) is 0 Å². The maximum atomic E-state index is 11.9. The molecule has 0 atom stereocenters. The van der Waals surface area contributed by atoms with E-state index in [1.807, 2.05) is 6.92 Å². The van der Waals surface area contributed by atoms with Crippen molar-refractivity contribution in [3.05, 3.63) is 11.6 Å². The van der Waals surface area contributed by atoms with Gasteiger partial charge in [0, 0.05) is 0 Å². The second kappa shape index (κ2) is 11.4. The van der Waals surface area contributed by atoms with Gasteiger partial charge in [-0.05, 0) is 27.2 Å². The molecule has 0 rings (SSSR count). The molecule has 0 aromatic carbocycles. The molecule has 0 aliphatic carbocycles. The van der Waals surface area contributed by atoms with Crippen LogP contribution in [0.1, 0.15) is 34.1 Å². The van der Waals surface area contributed by atoms with Crippen molar-refractivity contribution in [2.45, 2.75) is 34.1 Å². The highest BCUT2D eigenvalue weighted by Gasteiger charge is 2.22. The molecule has 0 spiro atoms. The number of esters is 1. The van der Waals surface area contributed by atoms with E-state index in [-0.39, 0.29) is 31.9 Å². The fourth-order valence-electron chi connectivity index (χ4n) is 1.48. The summed E-state index contributed by atoms with van der Waals surface area (Å²) >= 11 is 0. The number of hydrazine groups is 1. The van der Waals surface area contributed by atoms with Crippen LogP contribution in [-0.4, -0.2) is 49.5 Å². The second-order valence-corrected chi connectivity index (χ2v) is 3.98. The summed E-state index contributed by atoms with van der Waals surface area (Å²) in [4.78, 5) is 35.2. The van der Waals surface area contributed by atoms with Crippen molar-refractivity contribution in [1.82, 2.24) is 10.4 Å². The average Bonchev–Trinajstić information content (AvgIpc) is 2.46. The van der Waals surface area contributed by atoms with Gasteiger partial charge in [0.2, 0.25) is 0 Å². The fourth-order valence-corrected chi connectivity index (χ4v) is 1.48. The summed E-state index contributed by atoms with van der Waals surface area (Å²) in [5.41, 5.74) is 2.48. The predicted octanol–water partition coefficient (Wildman–Crippen LogP) is 2.01. The van der Waals surface area contributed by atoms with Crippen molar-refractivity contribution in [2.24, 2.45) is 0 Å². The first-order chi connectivity index (χ1) is 10.5. The Morgan fingerprint density at radius 2 is 1.55 bits per heavy atom. The van der Waals surface area contributed by atoms with Crippen LogP contribution < -0.4 is 5.43 Å². The summed E-state index contributed by atoms with van der Waals surface area (Å²) in [7, 11) is 0. The number of allylic oxidation sites excluding steroid dienone is 1. The summed E-state index contributed by atoms with van der Waals surface area (Å²) in [6.07, 6.45) is 0.596. The van der Waals surface area contributed by atoms with Crippen LogP contribution >= 0.6 is 0 Å². The van der Waals surface area contributed by atoms with Gasteiger partial charge in [0.15, 0.2) is 0 Å². The Morgan fingerprint density at radius 3 is 2.05 bits per heavy atom. The van der Waals surface area contributed by atoms with Gasteiger partial charge in [-0.1, -0.05) is 13.0 Å². The molecule has 0 aromatic rings. The number of hydrogen-bond donors (Lipinski definition) is 1. The number of carbonyl (C=O) groups excluding carboxylic acids is 3. The molecule has 0 saturated heterocycles. The Balaban J connectivity index is 5.05.